The average molecular weight is 308 g/mol. The molecular weight excluding hydrogens is 280 g/mol. The van der Waals surface area contributed by atoms with E-state index in [1.54, 1.807) is 11.8 Å². The lowest BCUT2D eigenvalue weighted by molar-refractivity contribution is 0.431. The SMILES string of the molecule is CCCNc1cc(N2CCCCC2CCC)nc(SC)n1. The summed E-state index contributed by atoms with van der Waals surface area (Å²) in [4.78, 5) is 11.8. The van der Waals surface area contributed by atoms with Gasteiger partial charge in [-0.3, -0.25) is 0 Å². The van der Waals surface area contributed by atoms with Gasteiger partial charge in [0, 0.05) is 25.2 Å². The molecule has 2 rings (SSSR count). The summed E-state index contributed by atoms with van der Waals surface area (Å²) in [7, 11) is 0. The van der Waals surface area contributed by atoms with Crippen molar-refractivity contribution in [1.29, 1.82) is 0 Å². The molecule has 1 aromatic heterocycles. The van der Waals surface area contributed by atoms with Crippen LogP contribution in [0.15, 0.2) is 11.2 Å². The number of hydrogen-bond donors (Lipinski definition) is 1. The van der Waals surface area contributed by atoms with Crippen LogP contribution in [0.3, 0.4) is 0 Å². The monoisotopic (exact) mass is 308 g/mol. The van der Waals surface area contributed by atoms with Gasteiger partial charge in [0.15, 0.2) is 5.16 Å². The Hall–Kier alpha value is -0.970. The Kier molecular flexibility index (Phi) is 6.61. The minimum absolute atomic E-state index is 0.646. The second-order valence-corrected chi connectivity index (χ2v) is 6.43. The highest BCUT2D eigenvalue weighted by Gasteiger charge is 2.23. The van der Waals surface area contributed by atoms with Crippen molar-refractivity contribution in [2.24, 2.45) is 0 Å². The van der Waals surface area contributed by atoms with E-state index in [4.69, 9.17) is 4.98 Å². The largest absolute Gasteiger partial charge is 0.370 e. The van der Waals surface area contributed by atoms with Crippen LogP contribution >= 0.6 is 11.8 Å². The van der Waals surface area contributed by atoms with Crippen molar-refractivity contribution in [3.05, 3.63) is 6.07 Å². The molecule has 1 saturated heterocycles. The van der Waals surface area contributed by atoms with Gasteiger partial charge in [0.05, 0.1) is 0 Å². The maximum absolute atomic E-state index is 4.75. The molecule has 1 fully saturated rings. The Bertz CT molecular complexity index is 436. The summed E-state index contributed by atoms with van der Waals surface area (Å²) in [6, 6.07) is 2.77. The zero-order valence-corrected chi connectivity index (χ0v) is 14.4. The summed E-state index contributed by atoms with van der Waals surface area (Å²) in [5.41, 5.74) is 0. The lowest BCUT2D eigenvalue weighted by Gasteiger charge is -2.37. The molecule has 5 heteroatoms. The van der Waals surface area contributed by atoms with E-state index in [1.807, 2.05) is 6.26 Å². The molecule has 21 heavy (non-hydrogen) atoms. The Morgan fingerprint density at radius 2 is 2.14 bits per heavy atom. The molecule has 2 heterocycles. The van der Waals surface area contributed by atoms with Crippen LogP contribution in [-0.4, -0.2) is 35.4 Å². The molecule has 0 amide bonds. The maximum Gasteiger partial charge on any atom is 0.191 e. The molecule has 0 aromatic carbocycles. The normalized spacial score (nSPS) is 18.8. The van der Waals surface area contributed by atoms with Gasteiger partial charge in [0.2, 0.25) is 0 Å². The third kappa shape index (κ3) is 4.50. The smallest absolute Gasteiger partial charge is 0.191 e. The van der Waals surface area contributed by atoms with E-state index in [0.29, 0.717) is 6.04 Å². The molecule has 1 unspecified atom stereocenters. The summed E-state index contributed by atoms with van der Waals surface area (Å²) in [5.74, 6) is 2.07. The van der Waals surface area contributed by atoms with Crippen LogP contribution in [-0.2, 0) is 0 Å². The van der Waals surface area contributed by atoms with Gasteiger partial charge in [-0.15, -0.1) is 0 Å². The van der Waals surface area contributed by atoms with Crippen LogP contribution in [0.1, 0.15) is 52.4 Å². The molecule has 4 nitrogen and oxygen atoms in total. The van der Waals surface area contributed by atoms with Gasteiger partial charge in [0.1, 0.15) is 11.6 Å². The number of rotatable bonds is 7. The first kappa shape index (κ1) is 16.4. The number of nitrogens with one attached hydrogen (secondary N) is 1. The fraction of sp³-hybridized carbons (Fsp3) is 0.750. The Morgan fingerprint density at radius 3 is 2.86 bits per heavy atom. The highest BCUT2D eigenvalue weighted by atomic mass is 32.2. The molecular formula is C16H28N4S. The van der Waals surface area contributed by atoms with Crippen molar-refractivity contribution >= 4 is 23.4 Å². The van der Waals surface area contributed by atoms with Crippen molar-refractivity contribution < 1.29 is 0 Å². The van der Waals surface area contributed by atoms with Gasteiger partial charge in [-0.1, -0.05) is 32.0 Å². The molecule has 0 aliphatic carbocycles. The summed E-state index contributed by atoms with van der Waals surface area (Å²) < 4.78 is 0. The van der Waals surface area contributed by atoms with Gasteiger partial charge in [-0.05, 0) is 38.4 Å². The molecule has 0 bridgehead atoms. The van der Waals surface area contributed by atoms with Crippen molar-refractivity contribution in [1.82, 2.24) is 9.97 Å². The number of hydrogen-bond acceptors (Lipinski definition) is 5. The summed E-state index contributed by atoms with van der Waals surface area (Å²) in [6.07, 6.45) is 9.57. The molecule has 1 atom stereocenters. The zero-order valence-electron chi connectivity index (χ0n) is 13.6. The number of piperidine rings is 1. The number of aromatic nitrogens is 2. The lowest BCUT2D eigenvalue weighted by Crippen LogP contribution is -2.40. The predicted octanol–water partition coefficient (Wildman–Crippen LogP) is 4.18. The molecule has 1 aliphatic heterocycles. The number of nitrogens with zero attached hydrogens (tertiary/aromatic N) is 3. The lowest BCUT2D eigenvalue weighted by atomic mass is 9.98. The van der Waals surface area contributed by atoms with E-state index >= 15 is 0 Å². The van der Waals surface area contributed by atoms with E-state index in [-0.39, 0.29) is 0 Å². The molecule has 0 spiro atoms. The summed E-state index contributed by atoms with van der Waals surface area (Å²) >= 11 is 1.62. The first-order valence-corrected chi connectivity index (χ1v) is 9.44. The minimum atomic E-state index is 0.646. The highest BCUT2D eigenvalue weighted by molar-refractivity contribution is 7.98. The molecule has 1 aliphatic rings. The predicted molar refractivity (Wildman–Crippen MR) is 92.5 cm³/mol. The second-order valence-electron chi connectivity index (χ2n) is 5.66. The molecule has 1 aromatic rings. The Balaban J connectivity index is 2.22. The van der Waals surface area contributed by atoms with E-state index < -0.39 is 0 Å². The van der Waals surface area contributed by atoms with Crippen LogP contribution in [0.2, 0.25) is 0 Å². The van der Waals surface area contributed by atoms with Crippen LogP contribution < -0.4 is 10.2 Å². The minimum Gasteiger partial charge on any atom is -0.370 e. The first-order valence-electron chi connectivity index (χ1n) is 8.22. The van der Waals surface area contributed by atoms with Gasteiger partial charge in [0.25, 0.3) is 0 Å². The molecule has 1 N–H and O–H groups in total. The topological polar surface area (TPSA) is 41.0 Å². The number of anilines is 2. The zero-order chi connectivity index (χ0) is 15.1. The first-order chi connectivity index (χ1) is 10.3. The van der Waals surface area contributed by atoms with Crippen molar-refractivity contribution in [3.63, 3.8) is 0 Å². The van der Waals surface area contributed by atoms with Crippen LogP contribution in [0.25, 0.3) is 0 Å². The fourth-order valence-corrected chi connectivity index (χ4v) is 3.30. The fourth-order valence-electron chi connectivity index (χ4n) is 2.93. The van der Waals surface area contributed by atoms with Gasteiger partial charge < -0.3 is 10.2 Å². The van der Waals surface area contributed by atoms with Crippen LogP contribution in [0.4, 0.5) is 11.6 Å². The standard InChI is InChI=1S/C16H28N4S/c1-4-8-13-9-6-7-11-20(13)15-12-14(17-10-5-2)18-16(19-15)21-3/h12-13H,4-11H2,1-3H3,(H,17,18,19). The summed E-state index contributed by atoms with van der Waals surface area (Å²) in [6.45, 7) is 6.53. The van der Waals surface area contributed by atoms with Gasteiger partial charge >= 0.3 is 0 Å². The highest BCUT2D eigenvalue weighted by Crippen LogP contribution is 2.28. The maximum atomic E-state index is 4.75. The van der Waals surface area contributed by atoms with Crippen LogP contribution in [0.5, 0.6) is 0 Å². The average Bonchev–Trinajstić information content (AvgIpc) is 2.53. The van der Waals surface area contributed by atoms with Crippen molar-refractivity contribution in [3.8, 4) is 0 Å². The summed E-state index contributed by atoms with van der Waals surface area (Å²) in [5, 5.41) is 4.27. The van der Waals surface area contributed by atoms with Crippen molar-refractivity contribution in [2.75, 3.05) is 29.6 Å². The Morgan fingerprint density at radius 1 is 1.29 bits per heavy atom. The van der Waals surface area contributed by atoms with E-state index in [0.717, 1.165) is 36.3 Å². The molecule has 0 saturated carbocycles. The van der Waals surface area contributed by atoms with E-state index in [9.17, 15) is 0 Å². The molecule has 0 radical (unpaired) electrons. The van der Waals surface area contributed by atoms with Crippen LogP contribution in [0, 0.1) is 0 Å². The van der Waals surface area contributed by atoms with E-state index in [1.165, 1.54) is 32.1 Å². The van der Waals surface area contributed by atoms with Crippen molar-refractivity contribution in [2.45, 2.75) is 63.6 Å². The second kappa shape index (κ2) is 8.47. The van der Waals surface area contributed by atoms with E-state index in [2.05, 4.69) is 35.1 Å². The quantitative estimate of drug-likeness (QED) is 0.604. The third-order valence-electron chi connectivity index (χ3n) is 3.97. The van der Waals surface area contributed by atoms with Gasteiger partial charge in [-0.25, -0.2) is 9.97 Å². The Labute approximate surface area is 133 Å². The third-order valence-corrected chi connectivity index (χ3v) is 4.52. The van der Waals surface area contributed by atoms with Gasteiger partial charge in [-0.2, -0.15) is 0 Å². The number of thioether (sulfide) groups is 1. The molecule has 118 valence electrons.